The number of fused-ring (bicyclic) bond motifs is 3. The van der Waals surface area contributed by atoms with E-state index in [1.807, 2.05) is 6.92 Å². The van der Waals surface area contributed by atoms with Crippen LogP contribution in [-0.4, -0.2) is 24.2 Å². The summed E-state index contributed by atoms with van der Waals surface area (Å²) in [4.78, 5) is 16.0. The van der Waals surface area contributed by atoms with Crippen molar-refractivity contribution in [3.8, 4) is 0 Å². The van der Waals surface area contributed by atoms with E-state index < -0.39 is 5.60 Å². The van der Waals surface area contributed by atoms with E-state index in [1.165, 1.54) is 16.5 Å². The zero-order chi connectivity index (χ0) is 18.2. The minimum Gasteiger partial charge on any atom is -0.466 e. The molecule has 3 rings (SSSR count). The van der Waals surface area contributed by atoms with Crippen molar-refractivity contribution < 1.29 is 14.3 Å². The number of ether oxygens (including phenoxy) is 2. The van der Waals surface area contributed by atoms with Gasteiger partial charge in [-0.15, -0.1) is 0 Å². The Morgan fingerprint density at radius 2 is 2.20 bits per heavy atom. The van der Waals surface area contributed by atoms with Crippen LogP contribution in [0.3, 0.4) is 0 Å². The van der Waals surface area contributed by atoms with Crippen molar-refractivity contribution in [1.82, 2.24) is 4.98 Å². The maximum atomic E-state index is 12.4. The molecule has 1 aromatic heterocycles. The van der Waals surface area contributed by atoms with E-state index in [9.17, 15) is 4.79 Å². The lowest BCUT2D eigenvalue weighted by Crippen LogP contribution is -2.43. The van der Waals surface area contributed by atoms with Gasteiger partial charge in [0.2, 0.25) is 0 Å². The van der Waals surface area contributed by atoms with Crippen LogP contribution in [0.5, 0.6) is 0 Å². The lowest BCUT2D eigenvalue weighted by Gasteiger charge is -2.41. The average Bonchev–Trinajstić information content (AvgIpc) is 3.00. The van der Waals surface area contributed by atoms with Crippen LogP contribution in [0, 0.1) is 12.8 Å². The first-order valence-corrected chi connectivity index (χ1v) is 9.83. The molecule has 2 aromatic rings. The van der Waals surface area contributed by atoms with E-state index in [-0.39, 0.29) is 18.3 Å². The number of aromatic nitrogens is 1. The summed E-state index contributed by atoms with van der Waals surface area (Å²) < 4.78 is 12.7. The largest absolute Gasteiger partial charge is 0.466 e. The molecule has 0 aliphatic carbocycles. The molecule has 0 radical (unpaired) electrons. The third-order valence-electron chi connectivity index (χ3n) is 5.47. The highest BCUT2D eigenvalue weighted by Gasteiger charge is 2.46. The van der Waals surface area contributed by atoms with Crippen LogP contribution in [0.15, 0.2) is 16.6 Å². The molecule has 136 valence electrons. The van der Waals surface area contributed by atoms with Crippen molar-refractivity contribution in [2.75, 3.05) is 13.2 Å². The number of rotatable bonds is 5. The van der Waals surface area contributed by atoms with Crippen LogP contribution in [0.1, 0.15) is 50.4 Å². The van der Waals surface area contributed by atoms with Gasteiger partial charge in [-0.3, -0.25) is 4.79 Å². The maximum Gasteiger partial charge on any atom is 0.309 e. The van der Waals surface area contributed by atoms with Gasteiger partial charge in [-0.25, -0.2) is 0 Å². The Balaban J connectivity index is 2.22. The van der Waals surface area contributed by atoms with Gasteiger partial charge in [-0.1, -0.05) is 42.3 Å². The molecule has 2 heterocycles. The molecule has 1 aliphatic heterocycles. The molecule has 0 spiro atoms. The molecule has 0 bridgehead atoms. The van der Waals surface area contributed by atoms with Crippen molar-refractivity contribution in [2.24, 2.45) is 5.92 Å². The predicted octanol–water partition coefficient (Wildman–Crippen LogP) is 5.01. The molecule has 0 saturated heterocycles. The molecule has 1 unspecified atom stereocenters. The lowest BCUT2D eigenvalue weighted by atomic mass is 9.77. The number of benzene rings is 1. The van der Waals surface area contributed by atoms with Crippen LogP contribution in [-0.2, 0) is 26.3 Å². The minimum absolute atomic E-state index is 0.197. The van der Waals surface area contributed by atoms with Crippen molar-refractivity contribution in [3.63, 3.8) is 0 Å². The average molecular weight is 408 g/mol. The smallest absolute Gasteiger partial charge is 0.309 e. The summed E-state index contributed by atoms with van der Waals surface area (Å²) in [5, 5.41) is 1.22. The number of H-pyrrole nitrogens is 1. The van der Waals surface area contributed by atoms with E-state index in [1.54, 1.807) is 0 Å². The first kappa shape index (κ1) is 18.5. The van der Waals surface area contributed by atoms with Crippen molar-refractivity contribution in [1.29, 1.82) is 0 Å². The van der Waals surface area contributed by atoms with Crippen LogP contribution < -0.4 is 0 Å². The summed E-state index contributed by atoms with van der Waals surface area (Å²) in [6.07, 6.45) is 2.01. The lowest BCUT2D eigenvalue weighted by molar-refractivity contribution is -0.160. The van der Waals surface area contributed by atoms with Crippen molar-refractivity contribution >= 4 is 32.8 Å². The second kappa shape index (κ2) is 7.12. The van der Waals surface area contributed by atoms with Gasteiger partial charge in [-0.2, -0.15) is 0 Å². The van der Waals surface area contributed by atoms with Gasteiger partial charge < -0.3 is 14.5 Å². The minimum atomic E-state index is -0.653. The van der Waals surface area contributed by atoms with E-state index in [4.69, 9.17) is 9.47 Å². The third-order valence-corrected chi connectivity index (χ3v) is 6.13. The van der Waals surface area contributed by atoms with E-state index in [2.05, 4.69) is 53.8 Å². The van der Waals surface area contributed by atoms with Gasteiger partial charge >= 0.3 is 5.97 Å². The number of hydrogen-bond donors (Lipinski definition) is 1. The van der Waals surface area contributed by atoms with E-state index >= 15 is 0 Å². The fraction of sp³-hybridized carbons (Fsp3) is 0.550. The summed E-state index contributed by atoms with van der Waals surface area (Å²) in [6.45, 7) is 9.24. The molecule has 0 saturated carbocycles. The first-order valence-electron chi connectivity index (χ1n) is 9.04. The second-order valence-electron chi connectivity index (χ2n) is 6.87. The monoisotopic (exact) mass is 407 g/mol. The van der Waals surface area contributed by atoms with Gasteiger partial charge in [0.05, 0.1) is 30.8 Å². The topological polar surface area (TPSA) is 51.3 Å². The Kier molecular flexibility index (Phi) is 5.26. The molecule has 1 aromatic carbocycles. The zero-order valence-electron chi connectivity index (χ0n) is 15.4. The van der Waals surface area contributed by atoms with Crippen LogP contribution in [0.2, 0.25) is 0 Å². The standard InChI is InChI=1S/C20H26BrNO3/c1-5-13(4)20(11-16(23)24-6-2)19-14(9-10-25-20)17-15(21)8-7-12(3)18(17)22-19/h7-8,13,22H,5-6,9-11H2,1-4H3/t13?,20-/m0/s1. The summed E-state index contributed by atoms with van der Waals surface area (Å²) in [5.41, 5.74) is 3.98. The third kappa shape index (κ3) is 3.02. The van der Waals surface area contributed by atoms with Gasteiger partial charge in [0.1, 0.15) is 5.60 Å². The Bertz CT molecular complexity index is 798. The quantitative estimate of drug-likeness (QED) is 0.708. The van der Waals surface area contributed by atoms with E-state index in [0.29, 0.717) is 13.2 Å². The van der Waals surface area contributed by atoms with Crippen molar-refractivity contribution in [2.45, 2.75) is 52.6 Å². The molecule has 2 atom stereocenters. The Morgan fingerprint density at radius 3 is 2.88 bits per heavy atom. The van der Waals surface area contributed by atoms with Gasteiger partial charge in [0, 0.05) is 9.86 Å². The molecular formula is C20H26BrNO3. The number of nitrogens with one attached hydrogen (secondary N) is 1. The molecule has 4 nitrogen and oxygen atoms in total. The second-order valence-corrected chi connectivity index (χ2v) is 7.73. The fourth-order valence-electron chi connectivity index (χ4n) is 3.94. The molecule has 25 heavy (non-hydrogen) atoms. The number of carbonyl (C=O) groups is 1. The molecule has 0 amide bonds. The predicted molar refractivity (Wildman–Crippen MR) is 103 cm³/mol. The number of aryl methyl sites for hydroxylation is 1. The van der Waals surface area contributed by atoms with Gasteiger partial charge in [-0.05, 0) is 43.4 Å². The van der Waals surface area contributed by atoms with Gasteiger partial charge in [0.25, 0.3) is 0 Å². The molecule has 5 heteroatoms. The number of halogens is 1. The normalized spacial score (nSPS) is 21.2. The first-order chi connectivity index (χ1) is 11.9. The number of aromatic amines is 1. The molecule has 1 N–H and O–H groups in total. The number of hydrogen-bond acceptors (Lipinski definition) is 3. The summed E-state index contributed by atoms with van der Waals surface area (Å²) in [5.74, 6) is -0.00630. The SMILES string of the molecule is CCOC(=O)C[C@@]1(C(C)CC)OCCc2c1[nH]c1c(C)ccc(Br)c21. The number of carbonyl (C=O) groups excluding carboxylic acids is 1. The van der Waals surface area contributed by atoms with Crippen molar-refractivity contribution in [3.05, 3.63) is 33.4 Å². The number of esters is 1. The molecule has 1 aliphatic rings. The zero-order valence-corrected chi connectivity index (χ0v) is 17.0. The fourth-order valence-corrected chi connectivity index (χ4v) is 4.51. The Labute approximate surface area is 157 Å². The Hall–Kier alpha value is -1.33. The molecule has 0 fully saturated rings. The van der Waals surface area contributed by atoms with E-state index in [0.717, 1.165) is 28.5 Å². The van der Waals surface area contributed by atoms with Gasteiger partial charge in [0.15, 0.2) is 0 Å². The van der Waals surface area contributed by atoms with Crippen LogP contribution in [0.25, 0.3) is 10.9 Å². The summed E-state index contributed by atoms with van der Waals surface area (Å²) in [6, 6.07) is 4.20. The maximum absolute atomic E-state index is 12.4. The highest BCUT2D eigenvalue weighted by molar-refractivity contribution is 9.10. The van der Waals surface area contributed by atoms with Crippen LogP contribution >= 0.6 is 15.9 Å². The van der Waals surface area contributed by atoms with Crippen LogP contribution in [0.4, 0.5) is 0 Å². The highest BCUT2D eigenvalue weighted by atomic mass is 79.9. The highest BCUT2D eigenvalue weighted by Crippen LogP contribution is 2.47. The Morgan fingerprint density at radius 1 is 1.44 bits per heavy atom. The summed E-state index contributed by atoms with van der Waals surface area (Å²) in [7, 11) is 0. The summed E-state index contributed by atoms with van der Waals surface area (Å²) >= 11 is 3.70. The molecular weight excluding hydrogens is 382 g/mol.